The molecule has 2 rings (SSSR count). The highest BCUT2D eigenvalue weighted by atomic mass is 35.5. The minimum Gasteiger partial charge on any atom is -0.480 e. The summed E-state index contributed by atoms with van der Waals surface area (Å²) in [6.45, 7) is -0.706. The van der Waals surface area contributed by atoms with Crippen LogP contribution in [0.2, 0.25) is 5.02 Å². The lowest BCUT2D eigenvalue weighted by Gasteiger charge is -2.13. The molecule has 0 fully saturated rings. The molecule has 1 heterocycles. The Morgan fingerprint density at radius 3 is 2.76 bits per heavy atom. The van der Waals surface area contributed by atoms with Gasteiger partial charge < -0.3 is 20.8 Å². The van der Waals surface area contributed by atoms with Crippen molar-refractivity contribution in [3.63, 3.8) is 0 Å². The predicted octanol–water partition coefficient (Wildman–Crippen LogP) is 1.46. The van der Waals surface area contributed by atoms with Gasteiger partial charge in [-0.15, -0.1) is 0 Å². The zero-order chi connectivity index (χ0) is 15.4. The van der Waals surface area contributed by atoms with Crippen LogP contribution in [0.5, 0.6) is 0 Å². The van der Waals surface area contributed by atoms with Crippen LogP contribution >= 0.6 is 11.6 Å². The number of anilines is 1. The molecule has 8 heteroatoms. The number of nitrogens with zero attached hydrogens (tertiary/aromatic N) is 1. The maximum Gasteiger partial charge on any atom is 0.328 e. The molecule has 0 aliphatic heterocycles. The van der Waals surface area contributed by atoms with E-state index in [0.29, 0.717) is 21.6 Å². The van der Waals surface area contributed by atoms with Crippen molar-refractivity contribution >= 4 is 40.2 Å². The number of fused-ring (bicyclic) bond motifs is 1. The Kier molecular flexibility index (Phi) is 4.56. The monoisotopic (exact) mass is 309 g/mol. The van der Waals surface area contributed by atoms with Gasteiger partial charge in [-0.2, -0.15) is 0 Å². The van der Waals surface area contributed by atoms with Gasteiger partial charge in [-0.3, -0.25) is 4.98 Å². The summed E-state index contributed by atoms with van der Waals surface area (Å²) < 4.78 is 0. The Hall–Kier alpha value is -2.38. The van der Waals surface area contributed by atoms with Crippen molar-refractivity contribution in [2.75, 3.05) is 11.9 Å². The molecule has 0 aliphatic carbocycles. The van der Waals surface area contributed by atoms with Crippen LogP contribution in [0.25, 0.3) is 10.9 Å². The molecule has 0 saturated heterocycles. The standard InChI is InChI=1S/C13H12ClN3O4/c14-8-3-4-9(11-7(8)2-1-5-15-11)16-13(21)17-10(6-18)12(19)20/h1-5,10,18H,6H2,(H,19,20)(H2,16,17,21)/t10-/m0/s1. The molecule has 0 saturated carbocycles. The van der Waals surface area contributed by atoms with Crippen LogP contribution < -0.4 is 10.6 Å². The van der Waals surface area contributed by atoms with E-state index in [4.69, 9.17) is 21.8 Å². The second-order valence-electron chi connectivity index (χ2n) is 4.17. The Balaban J connectivity index is 2.22. The zero-order valence-electron chi connectivity index (χ0n) is 10.7. The average Bonchev–Trinajstić information content (AvgIpc) is 2.47. The molecule has 4 N–H and O–H groups in total. The fourth-order valence-corrected chi connectivity index (χ4v) is 1.96. The lowest BCUT2D eigenvalue weighted by Crippen LogP contribution is -2.45. The topological polar surface area (TPSA) is 112 Å². The fourth-order valence-electron chi connectivity index (χ4n) is 1.74. The van der Waals surface area contributed by atoms with Crippen LogP contribution in [0, 0.1) is 0 Å². The summed E-state index contributed by atoms with van der Waals surface area (Å²) in [4.78, 5) is 26.6. The molecule has 1 atom stereocenters. The second kappa shape index (κ2) is 6.38. The molecule has 2 amide bonds. The Bertz CT molecular complexity index is 692. The van der Waals surface area contributed by atoms with Gasteiger partial charge in [0.2, 0.25) is 0 Å². The smallest absolute Gasteiger partial charge is 0.328 e. The van der Waals surface area contributed by atoms with E-state index < -0.39 is 24.6 Å². The highest BCUT2D eigenvalue weighted by Gasteiger charge is 2.19. The van der Waals surface area contributed by atoms with Crippen molar-refractivity contribution in [2.45, 2.75) is 6.04 Å². The van der Waals surface area contributed by atoms with E-state index >= 15 is 0 Å². The van der Waals surface area contributed by atoms with Crippen molar-refractivity contribution in [1.29, 1.82) is 0 Å². The normalized spacial score (nSPS) is 11.9. The first kappa shape index (κ1) is 15.0. The quantitative estimate of drug-likeness (QED) is 0.683. The summed E-state index contributed by atoms with van der Waals surface area (Å²) in [5.41, 5.74) is 0.866. The van der Waals surface area contributed by atoms with Gasteiger partial charge in [0.1, 0.15) is 0 Å². The molecular formula is C13H12ClN3O4. The molecule has 2 aromatic rings. The number of urea groups is 1. The summed E-state index contributed by atoms with van der Waals surface area (Å²) in [6, 6.07) is 4.49. The van der Waals surface area contributed by atoms with Gasteiger partial charge in [-0.1, -0.05) is 11.6 Å². The van der Waals surface area contributed by atoms with Gasteiger partial charge in [0, 0.05) is 11.6 Å². The number of carboxylic acids is 1. The number of aromatic nitrogens is 1. The SMILES string of the molecule is O=C(Nc1ccc(Cl)c2cccnc12)N[C@@H](CO)C(=O)O. The predicted molar refractivity (Wildman–Crippen MR) is 77.4 cm³/mol. The van der Waals surface area contributed by atoms with Crippen molar-refractivity contribution in [1.82, 2.24) is 10.3 Å². The molecule has 1 aromatic heterocycles. The van der Waals surface area contributed by atoms with Crippen LogP contribution in [0.15, 0.2) is 30.5 Å². The van der Waals surface area contributed by atoms with Gasteiger partial charge in [-0.25, -0.2) is 9.59 Å². The van der Waals surface area contributed by atoms with Crippen LogP contribution in [-0.4, -0.2) is 39.8 Å². The van der Waals surface area contributed by atoms with Gasteiger partial charge >= 0.3 is 12.0 Å². The molecule has 0 aliphatic rings. The zero-order valence-corrected chi connectivity index (χ0v) is 11.5. The molecule has 1 aromatic carbocycles. The maximum atomic E-state index is 11.8. The number of carbonyl (C=O) groups is 2. The average molecular weight is 310 g/mol. The Morgan fingerprint density at radius 2 is 2.10 bits per heavy atom. The minimum atomic E-state index is -1.38. The van der Waals surface area contributed by atoms with E-state index in [1.807, 2.05) is 0 Å². The largest absolute Gasteiger partial charge is 0.480 e. The maximum absolute atomic E-state index is 11.8. The van der Waals surface area contributed by atoms with Crippen molar-refractivity contribution in [2.24, 2.45) is 0 Å². The molecule has 0 radical (unpaired) electrons. The van der Waals surface area contributed by atoms with Crippen molar-refractivity contribution in [3.05, 3.63) is 35.5 Å². The molecule has 7 nitrogen and oxygen atoms in total. The first-order chi connectivity index (χ1) is 10.0. The molecule has 0 spiro atoms. The number of carbonyl (C=O) groups excluding carboxylic acids is 1. The van der Waals surface area contributed by atoms with Gasteiger partial charge in [0.05, 0.1) is 22.8 Å². The first-order valence-corrected chi connectivity index (χ1v) is 6.35. The fraction of sp³-hybridized carbons (Fsp3) is 0.154. The highest BCUT2D eigenvalue weighted by Crippen LogP contribution is 2.27. The van der Waals surface area contributed by atoms with Crippen LogP contribution in [0.3, 0.4) is 0 Å². The van der Waals surface area contributed by atoms with E-state index in [2.05, 4.69) is 15.6 Å². The summed E-state index contributed by atoms with van der Waals surface area (Å²) in [5, 5.41) is 23.4. The number of aliphatic hydroxyl groups is 1. The Morgan fingerprint density at radius 1 is 1.33 bits per heavy atom. The van der Waals surface area contributed by atoms with Gasteiger partial charge in [0.15, 0.2) is 6.04 Å². The number of aliphatic hydroxyl groups excluding tert-OH is 1. The lowest BCUT2D eigenvalue weighted by atomic mass is 10.2. The van der Waals surface area contributed by atoms with Gasteiger partial charge in [-0.05, 0) is 24.3 Å². The second-order valence-corrected chi connectivity index (χ2v) is 4.57. The summed E-state index contributed by atoms with van der Waals surface area (Å²) in [7, 11) is 0. The number of amides is 2. The van der Waals surface area contributed by atoms with Crippen LogP contribution in [-0.2, 0) is 4.79 Å². The third-order valence-corrected chi connectivity index (χ3v) is 3.08. The molecule has 110 valence electrons. The number of halogens is 1. The summed E-state index contributed by atoms with van der Waals surface area (Å²) in [5.74, 6) is -1.33. The number of rotatable bonds is 4. The number of pyridine rings is 1. The molecule has 0 unspecified atom stereocenters. The third-order valence-electron chi connectivity index (χ3n) is 2.75. The Labute approximate surface area is 124 Å². The number of benzene rings is 1. The summed E-state index contributed by atoms with van der Waals surface area (Å²) >= 11 is 6.03. The number of nitrogens with one attached hydrogen (secondary N) is 2. The number of hydrogen-bond acceptors (Lipinski definition) is 4. The number of aliphatic carboxylic acids is 1. The van der Waals surface area contributed by atoms with E-state index in [1.54, 1.807) is 30.5 Å². The van der Waals surface area contributed by atoms with Crippen LogP contribution in [0.4, 0.5) is 10.5 Å². The van der Waals surface area contributed by atoms with Crippen molar-refractivity contribution in [3.8, 4) is 0 Å². The molecule has 0 bridgehead atoms. The minimum absolute atomic E-state index is 0.384. The van der Waals surface area contributed by atoms with Gasteiger partial charge in [0.25, 0.3) is 0 Å². The molecular weight excluding hydrogens is 298 g/mol. The van der Waals surface area contributed by atoms with E-state index in [9.17, 15) is 9.59 Å². The van der Waals surface area contributed by atoms with E-state index in [0.717, 1.165) is 0 Å². The highest BCUT2D eigenvalue weighted by molar-refractivity contribution is 6.35. The third kappa shape index (κ3) is 3.39. The first-order valence-electron chi connectivity index (χ1n) is 5.97. The number of carboxylic acid groups (broad SMARTS) is 1. The van der Waals surface area contributed by atoms with E-state index in [1.165, 1.54) is 0 Å². The number of hydrogen-bond donors (Lipinski definition) is 4. The lowest BCUT2D eigenvalue weighted by molar-refractivity contribution is -0.140. The summed E-state index contributed by atoms with van der Waals surface area (Å²) in [6.07, 6.45) is 1.55. The van der Waals surface area contributed by atoms with Crippen molar-refractivity contribution < 1.29 is 19.8 Å². The van der Waals surface area contributed by atoms with E-state index in [-0.39, 0.29) is 0 Å². The molecule has 21 heavy (non-hydrogen) atoms. The van der Waals surface area contributed by atoms with Crippen LogP contribution in [0.1, 0.15) is 0 Å².